The molecule has 2 aromatic rings. The SMILES string of the molecule is O=C(NNc1ccccc1[N+](=O)[O-])c1ccccc1Br. The van der Waals surface area contributed by atoms with E-state index in [2.05, 4.69) is 26.8 Å². The molecule has 0 unspecified atom stereocenters. The summed E-state index contributed by atoms with van der Waals surface area (Å²) in [6, 6.07) is 12.9. The number of para-hydroxylation sites is 2. The van der Waals surface area contributed by atoms with E-state index in [1.807, 2.05) is 0 Å². The molecule has 0 spiro atoms. The van der Waals surface area contributed by atoms with Crippen molar-refractivity contribution in [2.45, 2.75) is 0 Å². The van der Waals surface area contributed by atoms with Gasteiger partial charge in [-0.25, -0.2) is 0 Å². The highest BCUT2D eigenvalue weighted by Gasteiger charge is 2.14. The van der Waals surface area contributed by atoms with E-state index in [1.165, 1.54) is 12.1 Å². The summed E-state index contributed by atoms with van der Waals surface area (Å²) in [5, 5.41) is 10.8. The van der Waals surface area contributed by atoms with Crippen LogP contribution in [0.3, 0.4) is 0 Å². The summed E-state index contributed by atoms with van der Waals surface area (Å²) in [4.78, 5) is 22.3. The number of amides is 1. The van der Waals surface area contributed by atoms with E-state index in [9.17, 15) is 14.9 Å². The van der Waals surface area contributed by atoms with Crippen molar-refractivity contribution in [3.8, 4) is 0 Å². The van der Waals surface area contributed by atoms with Crippen LogP contribution in [0, 0.1) is 10.1 Å². The number of nitro groups is 1. The third-order valence-corrected chi connectivity index (χ3v) is 3.22. The van der Waals surface area contributed by atoms with Gasteiger partial charge in [0.15, 0.2) is 0 Å². The van der Waals surface area contributed by atoms with Crippen LogP contribution in [-0.2, 0) is 0 Å². The van der Waals surface area contributed by atoms with Crippen molar-refractivity contribution >= 4 is 33.2 Å². The molecule has 0 aliphatic heterocycles. The number of nitrogens with zero attached hydrogens (tertiary/aromatic N) is 1. The molecular weight excluding hydrogens is 326 g/mol. The van der Waals surface area contributed by atoms with Crippen LogP contribution in [0.4, 0.5) is 11.4 Å². The van der Waals surface area contributed by atoms with Crippen molar-refractivity contribution in [1.29, 1.82) is 0 Å². The Hall–Kier alpha value is -2.41. The van der Waals surface area contributed by atoms with Crippen LogP contribution in [0.15, 0.2) is 53.0 Å². The molecule has 2 N–H and O–H groups in total. The topological polar surface area (TPSA) is 84.3 Å². The predicted molar refractivity (Wildman–Crippen MR) is 78.3 cm³/mol. The molecular formula is C13H10BrN3O3. The molecule has 0 saturated heterocycles. The number of carbonyl (C=O) groups is 1. The lowest BCUT2D eigenvalue weighted by molar-refractivity contribution is -0.384. The number of nitro benzene ring substituents is 1. The van der Waals surface area contributed by atoms with Crippen LogP contribution in [-0.4, -0.2) is 10.8 Å². The average molecular weight is 336 g/mol. The zero-order chi connectivity index (χ0) is 14.5. The minimum Gasteiger partial charge on any atom is -0.292 e. The molecule has 2 rings (SSSR count). The average Bonchev–Trinajstić information content (AvgIpc) is 2.45. The third kappa shape index (κ3) is 3.12. The Morgan fingerprint density at radius 3 is 2.45 bits per heavy atom. The van der Waals surface area contributed by atoms with Crippen molar-refractivity contribution in [2.75, 3.05) is 5.43 Å². The molecule has 102 valence electrons. The van der Waals surface area contributed by atoms with Gasteiger partial charge in [-0.05, 0) is 34.1 Å². The van der Waals surface area contributed by atoms with Gasteiger partial charge in [0.25, 0.3) is 11.6 Å². The van der Waals surface area contributed by atoms with Gasteiger partial charge in [-0.1, -0.05) is 24.3 Å². The molecule has 0 fully saturated rings. The number of carbonyl (C=O) groups excluding carboxylic acids is 1. The summed E-state index contributed by atoms with van der Waals surface area (Å²) < 4.78 is 0.641. The van der Waals surface area contributed by atoms with Crippen LogP contribution < -0.4 is 10.9 Å². The van der Waals surface area contributed by atoms with E-state index in [0.717, 1.165) is 0 Å². The first-order chi connectivity index (χ1) is 9.59. The zero-order valence-electron chi connectivity index (χ0n) is 10.2. The fourth-order valence-corrected chi connectivity index (χ4v) is 2.04. The highest BCUT2D eigenvalue weighted by molar-refractivity contribution is 9.10. The van der Waals surface area contributed by atoms with Crippen LogP contribution in [0.25, 0.3) is 0 Å². The predicted octanol–water partition coefficient (Wildman–Crippen LogP) is 3.11. The Morgan fingerprint density at radius 1 is 1.10 bits per heavy atom. The quantitative estimate of drug-likeness (QED) is 0.664. The van der Waals surface area contributed by atoms with E-state index in [0.29, 0.717) is 10.0 Å². The van der Waals surface area contributed by atoms with Crippen LogP contribution >= 0.6 is 15.9 Å². The largest absolute Gasteiger partial charge is 0.294 e. The standard InChI is InChI=1S/C13H10BrN3O3/c14-10-6-2-1-5-9(10)13(18)16-15-11-7-3-4-8-12(11)17(19)20/h1-8,15H,(H,16,18). The highest BCUT2D eigenvalue weighted by atomic mass is 79.9. The van der Waals surface area contributed by atoms with E-state index >= 15 is 0 Å². The molecule has 0 aliphatic rings. The van der Waals surface area contributed by atoms with Crippen LogP contribution in [0.1, 0.15) is 10.4 Å². The second kappa shape index (κ2) is 6.16. The molecule has 20 heavy (non-hydrogen) atoms. The molecule has 2 aromatic carbocycles. The van der Waals surface area contributed by atoms with Gasteiger partial charge in [0.1, 0.15) is 5.69 Å². The highest BCUT2D eigenvalue weighted by Crippen LogP contribution is 2.22. The number of halogens is 1. The molecule has 0 aliphatic carbocycles. The maximum atomic E-state index is 11.9. The lowest BCUT2D eigenvalue weighted by Gasteiger charge is -2.09. The lowest BCUT2D eigenvalue weighted by Crippen LogP contribution is -2.29. The van der Waals surface area contributed by atoms with Crippen molar-refractivity contribution < 1.29 is 9.72 Å². The molecule has 0 atom stereocenters. The summed E-state index contributed by atoms with van der Waals surface area (Å²) >= 11 is 3.26. The lowest BCUT2D eigenvalue weighted by atomic mass is 10.2. The Morgan fingerprint density at radius 2 is 1.75 bits per heavy atom. The number of nitrogens with one attached hydrogen (secondary N) is 2. The van der Waals surface area contributed by atoms with Gasteiger partial charge in [-0.15, -0.1) is 0 Å². The van der Waals surface area contributed by atoms with Gasteiger partial charge in [-0.3, -0.25) is 25.8 Å². The first kappa shape index (κ1) is 14.0. The van der Waals surface area contributed by atoms with Crippen molar-refractivity contribution in [3.63, 3.8) is 0 Å². The molecule has 0 bridgehead atoms. The Kier molecular flexibility index (Phi) is 4.31. The number of hydrogen-bond donors (Lipinski definition) is 2. The Balaban J connectivity index is 2.12. The summed E-state index contributed by atoms with van der Waals surface area (Å²) in [5.41, 5.74) is 5.52. The second-order valence-electron chi connectivity index (χ2n) is 3.83. The van der Waals surface area contributed by atoms with Crippen molar-refractivity contribution in [2.24, 2.45) is 0 Å². The van der Waals surface area contributed by atoms with E-state index in [1.54, 1.807) is 36.4 Å². The van der Waals surface area contributed by atoms with Crippen molar-refractivity contribution in [1.82, 2.24) is 5.43 Å². The van der Waals surface area contributed by atoms with Gasteiger partial charge in [-0.2, -0.15) is 0 Å². The second-order valence-corrected chi connectivity index (χ2v) is 4.69. The van der Waals surface area contributed by atoms with Gasteiger partial charge < -0.3 is 0 Å². The summed E-state index contributed by atoms with van der Waals surface area (Å²) in [7, 11) is 0. The maximum absolute atomic E-state index is 11.9. The first-order valence-corrected chi connectivity index (χ1v) is 6.43. The molecule has 7 heteroatoms. The Labute approximate surface area is 123 Å². The number of hydrazine groups is 1. The minimum absolute atomic E-state index is 0.111. The monoisotopic (exact) mass is 335 g/mol. The normalized spacial score (nSPS) is 9.85. The molecule has 0 saturated carbocycles. The molecule has 0 radical (unpaired) electrons. The minimum atomic E-state index is -0.521. The van der Waals surface area contributed by atoms with E-state index < -0.39 is 10.8 Å². The molecule has 0 aromatic heterocycles. The van der Waals surface area contributed by atoms with Gasteiger partial charge >= 0.3 is 0 Å². The Bertz CT molecular complexity index is 661. The third-order valence-electron chi connectivity index (χ3n) is 2.53. The number of rotatable bonds is 4. The van der Waals surface area contributed by atoms with E-state index in [-0.39, 0.29) is 11.4 Å². The fraction of sp³-hybridized carbons (Fsp3) is 0. The summed E-state index contributed by atoms with van der Waals surface area (Å²) in [5.74, 6) is -0.393. The number of hydrogen-bond acceptors (Lipinski definition) is 4. The molecule has 6 nitrogen and oxygen atoms in total. The van der Waals surface area contributed by atoms with Gasteiger partial charge in [0, 0.05) is 10.5 Å². The molecule has 1 amide bonds. The van der Waals surface area contributed by atoms with Gasteiger partial charge in [0.2, 0.25) is 0 Å². The zero-order valence-corrected chi connectivity index (χ0v) is 11.8. The summed E-state index contributed by atoms with van der Waals surface area (Å²) in [6.45, 7) is 0. The number of benzene rings is 2. The van der Waals surface area contributed by atoms with Crippen LogP contribution in [0.5, 0.6) is 0 Å². The van der Waals surface area contributed by atoms with Crippen LogP contribution in [0.2, 0.25) is 0 Å². The smallest absolute Gasteiger partial charge is 0.292 e. The fourth-order valence-electron chi connectivity index (χ4n) is 1.58. The van der Waals surface area contributed by atoms with E-state index in [4.69, 9.17) is 0 Å². The summed E-state index contributed by atoms with van der Waals surface area (Å²) in [6.07, 6.45) is 0. The maximum Gasteiger partial charge on any atom is 0.294 e. The molecule has 0 heterocycles. The van der Waals surface area contributed by atoms with Crippen molar-refractivity contribution in [3.05, 3.63) is 68.7 Å². The first-order valence-electron chi connectivity index (χ1n) is 5.64. The number of anilines is 1. The van der Waals surface area contributed by atoms with Gasteiger partial charge in [0.05, 0.1) is 10.5 Å².